The van der Waals surface area contributed by atoms with E-state index in [1.807, 2.05) is 11.8 Å². The van der Waals surface area contributed by atoms with Crippen molar-refractivity contribution in [3.05, 3.63) is 33.7 Å². The van der Waals surface area contributed by atoms with Gasteiger partial charge in [0.25, 0.3) is 5.91 Å². The number of aryl methyl sites for hydroxylation is 1. The van der Waals surface area contributed by atoms with E-state index in [0.29, 0.717) is 0 Å². The lowest BCUT2D eigenvalue weighted by molar-refractivity contribution is 0.0767. The first-order chi connectivity index (χ1) is 8.18. The molecule has 1 aliphatic heterocycles. The number of aromatic amines is 1. The summed E-state index contributed by atoms with van der Waals surface area (Å²) < 4.78 is 0. The van der Waals surface area contributed by atoms with Gasteiger partial charge in [-0.25, -0.2) is 0 Å². The molecule has 1 aliphatic rings. The third-order valence-corrected chi connectivity index (χ3v) is 3.85. The van der Waals surface area contributed by atoms with Gasteiger partial charge >= 0.3 is 0 Å². The second-order valence-electron chi connectivity index (χ2n) is 4.15. The van der Waals surface area contributed by atoms with Crippen LogP contribution in [0.3, 0.4) is 0 Å². The van der Waals surface area contributed by atoms with Crippen LogP contribution in [0.2, 0.25) is 0 Å². The van der Waals surface area contributed by atoms with Crippen molar-refractivity contribution < 1.29 is 4.79 Å². The van der Waals surface area contributed by atoms with E-state index < -0.39 is 0 Å². The first kappa shape index (κ1) is 12.2. The van der Waals surface area contributed by atoms with E-state index >= 15 is 0 Å². The number of nitrogens with one attached hydrogen (secondary N) is 1. The van der Waals surface area contributed by atoms with Gasteiger partial charge in [-0.05, 0) is 19.1 Å². The standard InChI is InChI=1S/C12H16N2O2S/c1-9-7-11(15)10(8-13-9)12(16)14-3-2-5-17-6-4-14/h7-8H,2-6H2,1H3,(H,13,15). The molecule has 4 nitrogen and oxygen atoms in total. The number of carbonyl (C=O) groups is 1. The van der Waals surface area contributed by atoms with Crippen molar-refractivity contribution in [1.29, 1.82) is 0 Å². The summed E-state index contributed by atoms with van der Waals surface area (Å²) in [4.78, 5) is 28.6. The molecule has 1 fully saturated rings. The van der Waals surface area contributed by atoms with E-state index in [2.05, 4.69) is 4.98 Å². The molecule has 0 atom stereocenters. The van der Waals surface area contributed by atoms with Crippen molar-refractivity contribution in [2.75, 3.05) is 24.6 Å². The summed E-state index contributed by atoms with van der Waals surface area (Å²) in [6.07, 6.45) is 2.53. The molecule has 0 bridgehead atoms. The number of nitrogens with zero attached hydrogens (tertiary/aromatic N) is 1. The molecule has 0 unspecified atom stereocenters. The van der Waals surface area contributed by atoms with Crippen LogP contribution < -0.4 is 5.43 Å². The smallest absolute Gasteiger partial charge is 0.259 e. The summed E-state index contributed by atoms with van der Waals surface area (Å²) in [5.41, 5.74) is 0.837. The first-order valence-electron chi connectivity index (χ1n) is 5.75. The molecule has 0 aromatic carbocycles. The summed E-state index contributed by atoms with van der Waals surface area (Å²) in [5, 5.41) is 0. The van der Waals surface area contributed by atoms with Gasteiger partial charge in [-0.15, -0.1) is 0 Å². The van der Waals surface area contributed by atoms with Crippen molar-refractivity contribution >= 4 is 17.7 Å². The molecule has 1 aromatic rings. The van der Waals surface area contributed by atoms with Crippen molar-refractivity contribution in [1.82, 2.24) is 9.88 Å². The number of hydrogen-bond donors (Lipinski definition) is 1. The predicted molar refractivity (Wildman–Crippen MR) is 69.6 cm³/mol. The molecule has 2 heterocycles. The highest BCUT2D eigenvalue weighted by Gasteiger charge is 2.19. The number of H-pyrrole nitrogens is 1. The van der Waals surface area contributed by atoms with E-state index in [1.165, 1.54) is 12.3 Å². The van der Waals surface area contributed by atoms with Crippen LogP contribution in [0.4, 0.5) is 0 Å². The number of amides is 1. The second-order valence-corrected chi connectivity index (χ2v) is 5.38. The third kappa shape index (κ3) is 2.91. The van der Waals surface area contributed by atoms with Gasteiger partial charge in [0.2, 0.25) is 0 Å². The summed E-state index contributed by atoms with van der Waals surface area (Å²) >= 11 is 1.86. The zero-order valence-electron chi connectivity index (χ0n) is 9.86. The number of aromatic nitrogens is 1. The molecule has 0 saturated carbocycles. The highest BCUT2D eigenvalue weighted by atomic mass is 32.2. The highest BCUT2D eigenvalue weighted by molar-refractivity contribution is 7.99. The summed E-state index contributed by atoms with van der Waals surface area (Å²) in [6.45, 7) is 3.29. The summed E-state index contributed by atoms with van der Waals surface area (Å²) in [6, 6.07) is 1.47. The average Bonchev–Trinajstić information content (AvgIpc) is 2.56. The van der Waals surface area contributed by atoms with Gasteiger partial charge in [0.1, 0.15) is 5.56 Å². The maximum Gasteiger partial charge on any atom is 0.259 e. The molecule has 0 spiro atoms. The summed E-state index contributed by atoms with van der Waals surface area (Å²) in [5.74, 6) is 1.90. The van der Waals surface area contributed by atoms with Gasteiger partial charge < -0.3 is 9.88 Å². The van der Waals surface area contributed by atoms with E-state index in [1.54, 1.807) is 11.8 Å². The first-order valence-corrected chi connectivity index (χ1v) is 6.90. The van der Waals surface area contributed by atoms with Crippen LogP contribution in [0.25, 0.3) is 0 Å². The fraction of sp³-hybridized carbons (Fsp3) is 0.500. The Kier molecular flexibility index (Phi) is 3.89. The van der Waals surface area contributed by atoms with E-state index in [4.69, 9.17) is 0 Å². The lowest BCUT2D eigenvalue weighted by atomic mass is 10.2. The molecule has 5 heteroatoms. The second kappa shape index (κ2) is 5.40. The Balaban J connectivity index is 2.20. The fourth-order valence-electron chi connectivity index (χ4n) is 1.86. The van der Waals surface area contributed by atoms with Crippen LogP contribution in [-0.2, 0) is 0 Å². The number of thioether (sulfide) groups is 1. The monoisotopic (exact) mass is 252 g/mol. The largest absolute Gasteiger partial charge is 0.364 e. The Hall–Kier alpha value is -1.23. The van der Waals surface area contributed by atoms with Crippen LogP contribution in [-0.4, -0.2) is 40.4 Å². The van der Waals surface area contributed by atoms with Crippen LogP contribution in [0.15, 0.2) is 17.1 Å². The molecule has 2 rings (SSSR count). The van der Waals surface area contributed by atoms with E-state index in [0.717, 1.165) is 36.7 Å². The molecule has 1 saturated heterocycles. The topological polar surface area (TPSA) is 53.2 Å². The minimum atomic E-state index is -0.192. The average molecular weight is 252 g/mol. The molecular formula is C12H16N2O2S. The highest BCUT2D eigenvalue weighted by Crippen LogP contribution is 2.11. The molecule has 1 amide bonds. The van der Waals surface area contributed by atoms with Crippen LogP contribution >= 0.6 is 11.8 Å². The third-order valence-electron chi connectivity index (χ3n) is 2.80. The maximum atomic E-state index is 12.2. The van der Waals surface area contributed by atoms with Crippen molar-refractivity contribution in [2.45, 2.75) is 13.3 Å². The zero-order valence-corrected chi connectivity index (χ0v) is 10.7. The van der Waals surface area contributed by atoms with E-state index in [-0.39, 0.29) is 16.9 Å². The Morgan fingerprint density at radius 3 is 3.00 bits per heavy atom. The molecule has 1 aromatic heterocycles. The Labute approximate surface area is 104 Å². The van der Waals surface area contributed by atoms with Crippen molar-refractivity contribution in [3.63, 3.8) is 0 Å². The Morgan fingerprint density at radius 2 is 2.24 bits per heavy atom. The van der Waals surface area contributed by atoms with Crippen LogP contribution in [0.5, 0.6) is 0 Å². The SMILES string of the molecule is Cc1cc(=O)c(C(=O)N2CCCSCC2)c[nH]1. The van der Waals surface area contributed by atoms with Gasteiger partial charge in [0.15, 0.2) is 5.43 Å². The van der Waals surface area contributed by atoms with Crippen molar-refractivity contribution in [2.24, 2.45) is 0 Å². The van der Waals surface area contributed by atoms with Gasteiger partial charge in [0.05, 0.1) is 0 Å². The van der Waals surface area contributed by atoms with Gasteiger partial charge in [0, 0.05) is 36.8 Å². The Morgan fingerprint density at radius 1 is 1.41 bits per heavy atom. The number of rotatable bonds is 1. The van der Waals surface area contributed by atoms with Crippen LogP contribution in [0, 0.1) is 6.92 Å². The van der Waals surface area contributed by atoms with Gasteiger partial charge in [-0.1, -0.05) is 0 Å². The quantitative estimate of drug-likeness (QED) is 0.818. The molecule has 1 N–H and O–H groups in total. The molecule has 17 heavy (non-hydrogen) atoms. The Bertz CT molecular complexity index is 462. The lowest BCUT2D eigenvalue weighted by Crippen LogP contribution is -2.35. The zero-order chi connectivity index (χ0) is 12.3. The lowest BCUT2D eigenvalue weighted by Gasteiger charge is -2.19. The van der Waals surface area contributed by atoms with Crippen molar-refractivity contribution in [3.8, 4) is 0 Å². The van der Waals surface area contributed by atoms with Gasteiger partial charge in [-0.2, -0.15) is 11.8 Å². The minimum Gasteiger partial charge on any atom is -0.364 e. The molecule has 0 aliphatic carbocycles. The number of hydrogen-bond acceptors (Lipinski definition) is 3. The number of carbonyl (C=O) groups excluding carboxylic acids is 1. The molecule has 0 radical (unpaired) electrons. The predicted octanol–water partition coefficient (Wildman–Crippen LogP) is 1.26. The molecular weight excluding hydrogens is 236 g/mol. The van der Waals surface area contributed by atoms with E-state index in [9.17, 15) is 9.59 Å². The molecule has 92 valence electrons. The number of pyridine rings is 1. The van der Waals surface area contributed by atoms with Crippen LogP contribution in [0.1, 0.15) is 22.5 Å². The normalized spacial score (nSPS) is 16.6. The fourth-order valence-corrected chi connectivity index (χ4v) is 2.75. The summed E-state index contributed by atoms with van der Waals surface area (Å²) in [7, 11) is 0. The minimum absolute atomic E-state index is 0.145. The van der Waals surface area contributed by atoms with Gasteiger partial charge in [-0.3, -0.25) is 9.59 Å². The maximum absolute atomic E-state index is 12.2.